The molecule has 1 aromatic rings. The zero-order chi connectivity index (χ0) is 12.3. The van der Waals surface area contributed by atoms with Crippen LogP contribution in [-0.2, 0) is 11.3 Å². The average molecular weight is 235 g/mol. The van der Waals surface area contributed by atoms with Crippen LogP contribution >= 0.6 is 0 Å². The van der Waals surface area contributed by atoms with Gasteiger partial charge in [0.25, 0.3) is 5.91 Å². The third-order valence-electron chi connectivity index (χ3n) is 2.86. The van der Waals surface area contributed by atoms with Crippen LogP contribution in [0.4, 0.5) is 0 Å². The van der Waals surface area contributed by atoms with Gasteiger partial charge in [-0.25, -0.2) is 0 Å². The van der Waals surface area contributed by atoms with Crippen LogP contribution in [0, 0.1) is 0 Å². The van der Waals surface area contributed by atoms with Gasteiger partial charge in [0.05, 0.1) is 11.9 Å². The van der Waals surface area contributed by atoms with Crippen molar-refractivity contribution in [1.29, 1.82) is 0 Å². The summed E-state index contributed by atoms with van der Waals surface area (Å²) in [6, 6.07) is 3.99. The molecule has 2 rings (SSSR count). The van der Waals surface area contributed by atoms with Gasteiger partial charge in [0.2, 0.25) is 0 Å². The number of rotatable bonds is 5. The SMILES string of the molecule is CN(C(=O)COc1ccc(CN)nc1)C1CC1. The predicted octanol–water partition coefficient (Wildman–Crippen LogP) is 0.540. The third-order valence-corrected chi connectivity index (χ3v) is 2.86. The van der Waals surface area contributed by atoms with Crippen molar-refractivity contribution in [2.75, 3.05) is 13.7 Å². The molecule has 1 saturated carbocycles. The monoisotopic (exact) mass is 235 g/mol. The molecule has 0 aromatic carbocycles. The number of nitrogens with zero attached hydrogens (tertiary/aromatic N) is 2. The molecule has 2 N–H and O–H groups in total. The minimum Gasteiger partial charge on any atom is -0.482 e. The van der Waals surface area contributed by atoms with Gasteiger partial charge < -0.3 is 15.4 Å². The van der Waals surface area contributed by atoms with E-state index in [0.29, 0.717) is 18.3 Å². The summed E-state index contributed by atoms with van der Waals surface area (Å²) in [7, 11) is 1.82. The normalized spacial score (nSPS) is 14.5. The Kier molecular flexibility index (Phi) is 3.58. The Morgan fingerprint density at radius 1 is 1.59 bits per heavy atom. The van der Waals surface area contributed by atoms with E-state index in [1.807, 2.05) is 7.05 Å². The highest BCUT2D eigenvalue weighted by Crippen LogP contribution is 2.25. The van der Waals surface area contributed by atoms with E-state index < -0.39 is 0 Å². The lowest BCUT2D eigenvalue weighted by Crippen LogP contribution is -2.33. The number of carbonyl (C=O) groups is 1. The van der Waals surface area contributed by atoms with Crippen molar-refractivity contribution in [3.05, 3.63) is 24.0 Å². The number of nitrogens with two attached hydrogens (primary N) is 1. The van der Waals surface area contributed by atoms with Crippen LogP contribution in [0.2, 0.25) is 0 Å². The largest absolute Gasteiger partial charge is 0.482 e. The highest BCUT2D eigenvalue weighted by Gasteiger charge is 2.29. The number of hydrogen-bond donors (Lipinski definition) is 1. The first kappa shape index (κ1) is 11.9. The maximum atomic E-state index is 11.7. The first-order valence-corrected chi connectivity index (χ1v) is 5.74. The molecular formula is C12H17N3O2. The molecule has 5 nitrogen and oxygen atoms in total. The lowest BCUT2D eigenvalue weighted by Gasteiger charge is -2.16. The molecule has 17 heavy (non-hydrogen) atoms. The predicted molar refractivity (Wildman–Crippen MR) is 63.4 cm³/mol. The first-order chi connectivity index (χ1) is 8.20. The Morgan fingerprint density at radius 3 is 2.88 bits per heavy atom. The number of carbonyl (C=O) groups excluding carboxylic acids is 1. The number of hydrogen-bond acceptors (Lipinski definition) is 4. The van der Waals surface area contributed by atoms with Crippen molar-refractivity contribution in [2.24, 2.45) is 5.73 Å². The summed E-state index contributed by atoms with van der Waals surface area (Å²) in [5.74, 6) is 0.607. The summed E-state index contributed by atoms with van der Waals surface area (Å²) in [5.41, 5.74) is 6.24. The van der Waals surface area contributed by atoms with Gasteiger partial charge in [0.15, 0.2) is 6.61 Å². The summed E-state index contributed by atoms with van der Waals surface area (Å²) >= 11 is 0. The van der Waals surface area contributed by atoms with E-state index >= 15 is 0 Å². The maximum absolute atomic E-state index is 11.7. The minimum atomic E-state index is 0.00963. The fourth-order valence-electron chi connectivity index (χ4n) is 1.53. The van der Waals surface area contributed by atoms with Crippen LogP contribution < -0.4 is 10.5 Å². The van der Waals surface area contributed by atoms with E-state index in [0.717, 1.165) is 18.5 Å². The van der Waals surface area contributed by atoms with Crippen LogP contribution in [0.15, 0.2) is 18.3 Å². The third kappa shape index (κ3) is 3.17. The first-order valence-electron chi connectivity index (χ1n) is 5.74. The van der Waals surface area contributed by atoms with Crippen LogP contribution in [0.3, 0.4) is 0 Å². The van der Waals surface area contributed by atoms with E-state index in [-0.39, 0.29) is 12.5 Å². The molecule has 0 unspecified atom stereocenters. The molecule has 1 aliphatic carbocycles. The van der Waals surface area contributed by atoms with E-state index in [1.165, 1.54) is 0 Å². The van der Waals surface area contributed by atoms with Crippen molar-refractivity contribution in [1.82, 2.24) is 9.88 Å². The maximum Gasteiger partial charge on any atom is 0.260 e. The Hall–Kier alpha value is -1.62. The Labute approximate surface area is 101 Å². The fraction of sp³-hybridized carbons (Fsp3) is 0.500. The number of ether oxygens (including phenoxy) is 1. The van der Waals surface area contributed by atoms with Gasteiger partial charge >= 0.3 is 0 Å². The molecule has 5 heteroatoms. The van der Waals surface area contributed by atoms with Gasteiger partial charge in [0.1, 0.15) is 5.75 Å². The molecule has 92 valence electrons. The van der Waals surface area contributed by atoms with E-state index in [1.54, 1.807) is 23.2 Å². The van der Waals surface area contributed by atoms with Crippen LogP contribution in [-0.4, -0.2) is 35.5 Å². The second kappa shape index (κ2) is 5.14. The minimum absolute atomic E-state index is 0.00963. The molecule has 1 aliphatic rings. The Balaban J connectivity index is 1.82. The van der Waals surface area contributed by atoms with Gasteiger partial charge in [-0.1, -0.05) is 0 Å². The van der Waals surface area contributed by atoms with Crippen LogP contribution in [0.25, 0.3) is 0 Å². The van der Waals surface area contributed by atoms with Gasteiger partial charge in [-0.05, 0) is 25.0 Å². The fourth-order valence-corrected chi connectivity index (χ4v) is 1.53. The van der Waals surface area contributed by atoms with Gasteiger partial charge in [0, 0.05) is 19.6 Å². The van der Waals surface area contributed by atoms with Crippen molar-refractivity contribution in [3.8, 4) is 5.75 Å². The van der Waals surface area contributed by atoms with Crippen LogP contribution in [0.1, 0.15) is 18.5 Å². The summed E-state index contributed by atoms with van der Waals surface area (Å²) in [4.78, 5) is 17.5. The van der Waals surface area contributed by atoms with E-state index in [2.05, 4.69) is 4.98 Å². The Bertz CT molecular complexity index is 387. The zero-order valence-corrected chi connectivity index (χ0v) is 9.93. The Morgan fingerprint density at radius 2 is 2.35 bits per heavy atom. The summed E-state index contributed by atoms with van der Waals surface area (Å²) < 4.78 is 5.37. The summed E-state index contributed by atoms with van der Waals surface area (Å²) in [5, 5.41) is 0. The molecule has 0 aliphatic heterocycles. The van der Waals surface area contributed by atoms with E-state index in [9.17, 15) is 4.79 Å². The number of likely N-dealkylation sites (N-methyl/N-ethyl adjacent to an activating group) is 1. The summed E-state index contributed by atoms with van der Waals surface area (Å²) in [6.07, 6.45) is 3.80. The van der Waals surface area contributed by atoms with Crippen molar-refractivity contribution < 1.29 is 9.53 Å². The molecule has 0 spiro atoms. The molecule has 0 saturated heterocycles. The molecule has 1 fully saturated rings. The van der Waals surface area contributed by atoms with Crippen molar-refractivity contribution in [3.63, 3.8) is 0 Å². The van der Waals surface area contributed by atoms with Crippen molar-refractivity contribution >= 4 is 5.91 Å². The molecule has 0 bridgehead atoms. The quantitative estimate of drug-likeness (QED) is 0.808. The topological polar surface area (TPSA) is 68.5 Å². The number of aromatic nitrogens is 1. The zero-order valence-electron chi connectivity index (χ0n) is 9.93. The van der Waals surface area contributed by atoms with Crippen LogP contribution in [0.5, 0.6) is 5.75 Å². The van der Waals surface area contributed by atoms with Gasteiger partial charge in [-0.2, -0.15) is 0 Å². The second-order valence-electron chi connectivity index (χ2n) is 4.21. The number of pyridine rings is 1. The lowest BCUT2D eigenvalue weighted by atomic mass is 10.3. The molecular weight excluding hydrogens is 218 g/mol. The molecule has 0 atom stereocenters. The van der Waals surface area contributed by atoms with Gasteiger partial charge in [-0.3, -0.25) is 9.78 Å². The highest BCUT2D eigenvalue weighted by atomic mass is 16.5. The summed E-state index contributed by atoms with van der Waals surface area (Å²) in [6.45, 7) is 0.472. The smallest absolute Gasteiger partial charge is 0.260 e. The second-order valence-corrected chi connectivity index (χ2v) is 4.21. The average Bonchev–Trinajstić information content (AvgIpc) is 3.20. The highest BCUT2D eigenvalue weighted by molar-refractivity contribution is 5.78. The van der Waals surface area contributed by atoms with Gasteiger partial charge in [-0.15, -0.1) is 0 Å². The number of amides is 1. The van der Waals surface area contributed by atoms with Crippen molar-refractivity contribution in [2.45, 2.75) is 25.4 Å². The molecule has 1 heterocycles. The van der Waals surface area contributed by atoms with E-state index in [4.69, 9.17) is 10.5 Å². The molecule has 1 aromatic heterocycles. The molecule has 1 amide bonds. The lowest BCUT2D eigenvalue weighted by molar-refractivity contribution is -0.132. The molecule has 0 radical (unpaired) electrons. The standard InChI is InChI=1S/C12H17N3O2/c1-15(10-3-4-10)12(16)8-17-11-5-2-9(6-13)14-7-11/h2,5,7,10H,3-4,6,8,13H2,1H3.